The molecule has 0 atom stereocenters. The van der Waals surface area contributed by atoms with Gasteiger partial charge in [-0.1, -0.05) is 0 Å². The predicted molar refractivity (Wildman–Crippen MR) is 60.3 cm³/mol. The Hall–Kier alpha value is -1.78. The molecule has 0 fully saturated rings. The Bertz CT molecular complexity index is 446. The van der Waals surface area contributed by atoms with Crippen LogP contribution in [0.15, 0.2) is 24.7 Å². The number of aryl methyl sites for hydroxylation is 2. The fraction of sp³-hybridized carbons (Fsp3) is 0.455. The van der Waals surface area contributed by atoms with Crippen LogP contribution in [0.1, 0.15) is 12.6 Å². The van der Waals surface area contributed by atoms with E-state index in [2.05, 4.69) is 10.2 Å². The summed E-state index contributed by atoms with van der Waals surface area (Å²) in [6, 6.07) is 2.00. The first-order valence-corrected chi connectivity index (χ1v) is 5.41. The smallest absolute Gasteiger partial charge is 0.157 e. The summed E-state index contributed by atoms with van der Waals surface area (Å²) in [4.78, 5) is 0. The topological polar surface area (TPSA) is 44.9 Å². The summed E-state index contributed by atoms with van der Waals surface area (Å²) >= 11 is 0. The van der Waals surface area contributed by atoms with Crippen molar-refractivity contribution in [3.8, 4) is 5.75 Å². The summed E-state index contributed by atoms with van der Waals surface area (Å²) in [6.45, 7) is 3.56. The number of hydrogen-bond acceptors (Lipinski definition) is 3. The lowest BCUT2D eigenvalue weighted by Crippen LogP contribution is -2.05. The third kappa shape index (κ3) is 2.42. The van der Waals surface area contributed by atoms with Crippen molar-refractivity contribution < 1.29 is 4.74 Å². The Morgan fingerprint density at radius 1 is 1.38 bits per heavy atom. The van der Waals surface area contributed by atoms with Crippen LogP contribution < -0.4 is 4.74 Å². The molecule has 0 aliphatic rings. The van der Waals surface area contributed by atoms with Gasteiger partial charge >= 0.3 is 0 Å². The molecule has 0 aliphatic carbocycles. The molecule has 86 valence electrons. The van der Waals surface area contributed by atoms with Gasteiger partial charge in [0.2, 0.25) is 0 Å². The minimum atomic E-state index is 0.648. The summed E-state index contributed by atoms with van der Waals surface area (Å²) in [5.41, 5.74) is 1.17. The summed E-state index contributed by atoms with van der Waals surface area (Å²) < 4.78 is 9.30. The number of rotatable bonds is 5. The molecule has 0 N–H and O–H groups in total. The van der Waals surface area contributed by atoms with Crippen molar-refractivity contribution in [3.05, 3.63) is 30.4 Å². The van der Waals surface area contributed by atoms with Crippen LogP contribution in [0.25, 0.3) is 0 Å². The van der Waals surface area contributed by atoms with Crippen LogP contribution >= 0.6 is 0 Å². The molecule has 0 unspecified atom stereocenters. The molecule has 0 aliphatic heterocycles. The van der Waals surface area contributed by atoms with Crippen LogP contribution in [0.5, 0.6) is 5.75 Å². The monoisotopic (exact) mass is 220 g/mol. The fourth-order valence-corrected chi connectivity index (χ4v) is 1.51. The minimum Gasteiger partial charge on any atom is -0.490 e. The molecule has 2 aromatic rings. The summed E-state index contributed by atoms with van der Waals surface area (Å²) in [7, 11) is 1.93. The van der Waals surface area contributed by atoms with E-state index in [1.54, 1.807) is 12.4 Å². The van der Waals surface area contributed by atoms with Crippen LogP contribution in [0.2, 0.25) is 0 Å². The summed E-state index contributed by atoms with van der Waals surface area (Å²) in [5.74, 6) is 0.823. The molecule has 0 saturated heterocycles. The molecule has 2 rings (SSSR count). The number of nitrogens with zero attached hydrogens (tertiary/aromatic N) is 4. The molecule has 0 aromatic carbocycles. The maximum atomic E-state index is 5.59. The molecule has 0 bridgehead atoms. The number of hydrogen-bond donors (Lipinski definition) is 0. The zero-order valence-electron chi connectivity index (χ0n) is 9.63. The zero-order valence-corrected chi connectivity index (χ0v) is 9.63. The van der Waals surface area contributed by atoms with E-state index in [0.29, 0.717) is 6.61 Å². The van der Waals surface area contributed by atoms with Gasteiger partial charge in [0.15, 0.2) is 5.75 Å². The lowest BCUT2D eigenvalue weighted by atomic mass is 10.3. The Morgan fingerprint density at radius 3 is 2.88 bits per heavy atom. The maximum Gasteiger partial charge on any atom is 0.157 e. The predicted octanol–water partition coefficient (Wildman–Crippen LogP) is 1.26. The molecule has 5 heteroatoms. The van der Waals surface area contributed by atoms with Crippen molar-refractivity contribution in [3.63, 3.8) is 0 Å². The molecular weight excluding hydrogens is 204 g/mol. The van der Waals surface area contributed by atoms with Crippen molar-refractivity contribution in [1.29, 1.82) is 0 Å². The first kappa shape index (κ1) is 10.7. The summed E-state index contributed by atoms with van der Waals surface area (Å²) in [5, 5.41) is 8.25. The molecule has 0 saturated carbocycles. The molecule has 2 heterocycles. The van der Waals surface area contributed by atoms with Crippen molar-refractivity contribution in [2.45, 2.75) is 19.9 Å². The second-order valence-corrected chi connectivity index (χ2v) is 3.58. The number of aromatic nitrogens is 4. The van der Waals surface area contributed by atoms with Gasteiger partial charge in [-0.25, -0.2) is 0 Å². The van der Waals surface area contributed by atoms with Crippen LogP contribution in [0, 0.1) is 0 Å². The minimum absolute atomic E-state index is 0.648. The van der Waals surface area contributed by atoms with Gasteiger partial charge in [0.1, 0.15) is 0 Å². The van der Waals surface area contributed by atoms with Gasteiger partial charge in [-0.05, 0) is 13.0 Å². The quantitative estimate of drug-likeness (QED) is 0.762. The normalized spacial score (nSPS) is 10.6. The van der Waals surface area contributed by atoms with Gasteiger partial charge in [-0.2, -0.15) is 10.2 Å². The standard InChI is InChI=1S/C11H16N4O/c1-3-15-9-11(8-13-15)16-7-5-10-4-6-12-14(10)2/h4,6,8-9H,3,5,7H2,1-2H3. The van der Waals surface area contributed by atoms with Gasteiger partial charge in [0, 0.05) is 31.9 Å². The van der Waals surface area contributed by atoms with Gasteiger partial charge < -0.3 is 4.74 Å². The van der Waals surface area contributed by atoms with E-state index in [4.69, 9.17) is 4.74 Å². The number of ether oxygens (including phenoxy) is 1. The van der Waals surface area contributed by atoms with Crippen molar-refractivity contribution in [2.75, 3.05) is 6.61 Å². The van der Waals surface area contributed by atoms with Crippen LogP contribution in [-0.2, 0) is 20.0 Å². The van der Waals surface area contributed by atoms with Gasteiger partial charge in [0.25, 0.3) is 0 Å². The largest absolute Gasteiger partial charge is 0.490 e. The lowest BCUT2D eigenvalue weighted by molar-refractivity contribution is 0.318. The molecule has 2 aromatic heterocycles. The first-order chi connectivity index (χ1) is 7.79. The Labute approximate surface area is 94.6 Å². The van der Waals surface area contributed by atoms with E-state index in [-0.39, 0.29) is 0 Å². The molecular formula is C11H16N4O. The Morgan fingerprint density at radius 2 is 2.25 bits per heavy atom. The third-order valence-electron chi connectivity index (χ3n) is 2.48. The molecule has 0 radical (unpaired) electrons. The summed E-state index contributed by atoms with van der Waals surface area (Å²) in [6.07, 6.45) is 6.30. The van der Waals surface area contributed by atoms with Gasteiger partial charge in [0.05, 0.1) is 19.0 Å². The average Bonchev–Trinajstić information content (AvgIpc) is 2.89. The molecule has 0 spiro atoms. The average molecular weight is 220 g/mol. The first-order valence-electron chi connectivity index (χ1n) is 5.41. The van der Waals surface area contributed by atoms with Crippen LogP contribution in [0.3, 0.4) is 0 Å². The van der Waals surface area contributed by atoms with Crippen LogP contribution in [0.4, 0.5) is 0 Å². The molecule has 0 amide bonds. The van der Waals surface area contributed by atoms with Crippen molar-refractivity contribution >= 4 is 0 Å². The SMILES string of the molecule is CCn1cc(OCCc2ccnn2C)cn1. The third-order valence-corrected chi connectivity index (χ3v) is 2.48. The van der Waals surface area contributed by atoms with Crippen molar-refractivity contribution in [2.24, 2.45) is 7.05 Å². The highest BCUT2D eigenvalue weighted by molar-refractivity contribution is 5.11. The zero-order chi connectivity index (χ0) is 11.4. The van der Waals surface area contributed by atoms with Gasteiger partial charge in [-0.3, -0.25) is 9.36 Å². The Kier molecular flexibility index (Phi) is 3.24. The lowest BCUT2D eigenvalue weighted by Gasteiger charge is -2.03. The Balaban J connectivity index is 1.82. The van der Waals surface area contributed by atoms with E-state index < -0.39 is 0 Å². The van der Waals surface area contributed by atoms with E-state index in [9.17, 15) is 0 Å². The van der Waals surface area contributed by atoms with E-state index >= 15 is 0 Å². The van der Waals surface area contributed by atoms with Crippen molar-refractivity contribution in [1.82, 2.24) is 19.6 Å². The maximum absolute atomic E-state index is 5.59. The fourth-order valence-electron chi connectivity index (χ4n) is 1.51. The molecule has 5 nitrogen and oxygen atoms in total. The molecule has 16 heavy (non-hydrogen) atoms. The second kappa shape index (κ2) is 4.83. The highest BCUT2D eigenvalue weighted by atomic mass is 16.5. The highest BCUT2D eigenvalue weighted by Crippen LogP contribution is 2.08. The second-order valence-electron chi connectivity index (χ2n) is 3.58. The van der Waals surface area contributed by atoms with E-state index in [1.807, 2.05) is 35.6 Å². The van der Waals surface area contributed by atoms with E-state index in [0.717, 1.165) is 18.7 Å². The highest BCUT2D eigenvalue weighted by Gasteiger charge is 2.01. The van der Waals surface area contributed by atoms with Crippen LogP contribution in [-0.4, -0.2) is 26.2 Å². The van der Waals surface area contributed by atoms with Gasteiger partial charge in [-0.15, -0.1) is 0 Å². The van der Waals surface area contributed by atoms with E-state index in [1.165, 1.54) is 5.69 Å².